The van der Waals surface area contributed by atoms with E-state index >= 15 is 0 Å². The minimum Gasteiger partial charge on any atom is -0.313 e. The topological polar surface area (TPSA) is 18.5 Å². The maximum atomic E-state index is 3.78. The van der Waals surface area contributed by atoms with Crippen LogP contribution in [0.2, 0.25) is 0 Å². The van der Waals surface area contributed by atoms with Crippen molar-refractivity contribution in [2.45, 2.75) is 58.9 Å². The van der Waals surface area contributed by atoms with Crippen LogP contribution in [0.1, 0.15) is 52.9 Å². The molecule has 0 spiro atoms. The second-order valence-electron chi connectivity index (χ2n) is 6.98. The molecule has 0 aromatic rings. The molecule has 1 heterocycles. The molecule has 0 amide bonds. The standard InChI is InChI=1S/C17H35N3/c1-4-9-19-10-12-20(13-11-19)15-17(5-2,6-3)14-18-16-7-8-16/h16,18H,4-15H2,1-3H3. The molecule has 3 nitrogen and oxygen atoms in total. The molecule has 0 radical (unpaired) electrons. The molecule has 0 aromatic heterocycles. The van der Waals surface area contributed by atoms with Crippen LogP contribution >= 0.6 is 0 Å². The van der Waals surface area contributed by atoms with Crippen molar-refractivity contribution in [3.05, 3.63) is 0 Å². The zero-order valence-electron chi connectivity index (χ0n) is 14.0. The molecule has 0 bridgehead atoms. The van der Waals surface area contributed by atoms with Gasteiger partial charge in [0.15, 0.2) is 0 Å². The third-order valence-corrected chi connectivity index (χ3v) is 5.41. The van der Waals surface area contributed by atoms with Gasteiger partial charge in [-0.1, -0.05) is 20.8 Å². The van der Waals surface area contributed by atoms with Crippen molar-refractivity contribution >= 4 is 0 Å². The van der Waals surface area contributed by atoms with E-state index in [-0.39, 0.29) is 0 Å². The summed E-state index contributed by atoms with van der Waals surface area (Å²) in [6.45, 7) is 15.9. The van der Waals surface area contributed by atoms with Crippen molar-refractivity contribution < 1.29 is 0 Å². The van der Waals surface area contributed by atoms with Crippen LogP contribution in [0.4, 0.5) is 0 Å². The van der Waals surface area contributed by atoms with E-state index in [0.717, 1.165) is 6.04 Å². The van der Waals surface area contributed by atoms with E-state index in [0.29, 0.717) is 5.41 Å². The Morgan fingerprint density at radius 3 is 2.05 bits per heavy atom. The molecule has 2 rings (SSSR count). The molecule has 0 aromatic carbocycles. The van der Waals surface area contributed by atoms with Crippen LogP contribution in [0.3, 0.4) is 0 Å². The van der Waals surface area contributed by atoms with Gasteiger partial charge in [0.05, 0.1) is 0 Å². The minimum atomic E-state index is 0.496. The minimum absolute atomic E-state index is 0.496. The van der Waals surface area contributed by atoms with Crippen LogP contribution in [0.15, 0.2) is 0 Å². The van der Waals surface area contributed by atoms with E-state index in [1.165, 1.54) is 77.9 Å². The monoisotopic (exact) mass is 281 g/mol. The van der Waals surface area contributed by atoms with Crippen molar-refractivity contribution in [1.82, 2.24) is 15.1 Å². The van der Waals surface area contributed by atoms with Crippen LogP contribution in [-0.2, 0) is 0 Å². The lowest BCUT2D eigenvalue weighted by Crippen LogP contribution is -2.51. The number of hydrogen-bond donors (Lipinski definition) is 1. The van der Waals surface area contributed by atoms with Crippen LogP contribution in [0, 0.1) is 5.41 Å². The average Bonchev–Trinajstić information content (AvgIpc) is 3.30. The molecule has 118 valence electrons. The lowest BCUT2D eigenvalue weighted by Gasteiger charge is -2.41. The predicted octanol–water partition coefficient (Wildman–Crippen LogP) is 2.57. The van der Waals surface area contributed by atoms with Gasteiger partial charge in [-0.25, -0.2) is 0 Å². The van der Waals surface area contributed by atoms with Gasteiger partial charge in [-0.15, -0.1) is 0 Å². The fraction of sp³-hybridized carbons (Fsp3) is 1.00. The Labute approximate surface area is 126 Å². The Hall–Kier alpha value is -0.120. The first-order chi connectivity index (χ1) is 9.71. The number of nitrogens with one attached hydrogen (secondary N) is 1. The molecular weight excluding hydrogens is 246 g/mol. The van der Waals surface area contributed by atoms with Crippen molar-refractivity contribution in [1.29, 1.82) is 0 Å². The number of rotatable bonds is 9. The van der Waals surface area contributed by atoms with E-state index in [1.807, 2.05) is 0 Å². The van der Waals surface area contributed by atoms with Gasteiger partial charge in [0.2, 0.25) is 0 Å². The van der Waals surface area contributed by atoms with Crippen molar-refractivity contribution in [2.75, 3.05) is 45.8 Å². The van der Waals surface area contributed by atoms with Crippen LogP contribution in [0.5, 0.6) is 0 Å². The molecule has 2 fully saturated rings. The predicted molar refractivity (Wildman–Crippen MR) is 87.2 cm³/mol. The summed E-state index contributed by atoms with van der Waals surface area (Å²) in [5.74, 6) is 0. The van der Waals surface area contributed by atoms with Crippen molar-refractivity contribution in [2.24, 2.45) is 5.41 Å². The van der Waals surface area contributed by atoms with E-state index in [1.54, 1.807) is 0 Å². The lowest BCUT2D eigenvalue weighted by atomic mass is 9.81. The highest BCUT2D eigenvalue weighted by molar-refractivity contribution is 4.89. The van der Waals surface area contributed by atoms with Crippen LogP contribution < -0.4 is 5.32 Å². The van der Waals surface area contributed by atoms with E-state index < -0.39 is 0 Å². The molecule has 0 atom stereocenters. The van der Waals surface area contributed by atoms with Crippen molar-refractivity contribution in [3.8, 4) is 0 Å². The maximum Gasteiger partial charge on any atom is 0.0110 e. The molecular formula is C17H35N3. The van der Waals surface area contributed by atoms with Gasteiger partial charge >= 0.3 is 0 Å². The Morgan fingerprint density at radius 1 is 0.950 bits per heavy atom. The quantitative estimate of drug-likeness (QED) is 0.701. The Morgan fingerprint density at radius 2 is 1.55 bits per heavy atom. The highest BCUT2D eigenvalue weighted by atomic mass is 15.3. The Kier molecular flexibility index (Phi) is 6.31. The molecule has 1 aliphatic carbocycles. The summed E-state index contributed by atoms with van der Waals surface area (Å²) in [7, 11) is 0. The summed E-state index contributed by atoms with van der Waals surface area (Å²) in [6.07, 6.45) is 6.70. The van der Waals surface area contributed by atoms with Crippen LogP contribution in [0.25, 0.3) is 0 Å². The first-order valence-corrected chi connectivity index (χ1v) is 8.89. The molecule has 20 heavy (non-hydrogen) atoms. The van der Waals surface area contributed by atoms with Gasteiger partial charge in [-0.2, -0.15) is 0 Å². The average molecular weight is 281 g/mol. The van der Waals surface area contributed by atoms with Gasteiger partial charge in [0.1, 0.15) is 0 Å². The summed E-state index contributed by atoms with van der Waals surface area (Å²) in [4.78, 5) is 5.34. The molecule has 0 unspecified atom stereocenters. The Balaban J connectivity index is 1.78. The second kappa shape index (κ2) is 7.77. The summed E-state index contributed by atoms with van der Waals surface area (Å²) in [5, 5.41) is 3.78. The fourth-order valence-corrected chi connectivity index (χ4v) is 3.39. The van der Waals surface area contributed by atoms with Gasteiger partial charge in [0, 0.05) is 45.3 Å². The maximum absolute atomic E-state index is 3.78. The second-order valence-corrected chi connectivity index (χ2v) is 6.98. The molecule has 1 saturated heterocycles. The summed E-state index contributed by atoms with van der Waals surface area (Å²) in [6, 6.07) is 0.842. The molecule has 1 aliphatic heterocycles. The lowest BCUT2D eigenvalue weighted by molar-refractivity contribution is 0.0781. The zero-order chi connectivity index (χ0) is 14.4. The smallest absolute Gasteiger partial charge is 0.0110 e. The largest absolute Gasteiger partial charge is 0.313 e. The highest BCUT2D eigenvalue weighted by Gasteiger charge is 2.32. The highest BCUT2D eigenvalue weighted by Crippen LogP contribution is 2.29. The van der Waals surface area contributed by atoms with Gasteiger partial charge < -0.3 is 15.1 Å². The number of hydrogen-bond acceptors (Lipinski definition) is 3. The Bertz CT molecular complexity index is 263. The fourth-order valence-electron chi connectivity index (χ4n) is 3.39. The summed E-state index contributed by atoms with van der Waals surface area (Å²) < 4.78 is 0. The molecule has 2 aliphatic rings. The third-order valence-electron chi connectivity index (χ3n) is 5.41. The first-order valence-electron chi connectivity index (χ1n) is 8.89. The summed E-state index contributed by atoms with van der Waals surface area (Å²) in [5.41, 5.74) is 0.496. The van der Waals surface area contributed by atoms with E-state index in [4.69, 9.17) is 0 Å². The first kappa shape index (κ1) is 16.3. The van der Waals surface area contributed by atoms with Gasteiger partial charge in [-0.05, 0) is 44.1 Å². The molecule has 1 N–H and O–H groups in total. The van der Waals surface area contributed by atoms with Crippen LogP contribution in [-0.4, -0.2) is 61.7 Å². The van der Waals surface area contributed by atoms with Crippen molar-refractivity contribution in [3.63, 3.8) is 0 Å². The zero-order valence-corrected chi connectivity index (χ0v) is 14.0. The normalized spacial score (nSPS) is 22.4. The molecule has 3 heteroatoms. The molecule has 1 saturated carbocycles. The number of nitrogens with zero attached hydrogens (tertiary/aromatic N) is 2. The van der Waals surface area contributed by atoms with Gasteiger partial charge in [-0.3, -0.25) is 0 Å². The SMILES string of the molecule is CCCN1CCN(CC(CC)(CC)CNC2CC2)CC1. The summed E-state index contributed by atoms with van der Waals surface area (Å²) >= 11 is 0. The third kappa shape index (κ3) is 4.71. The van der Waals surface area contributed by atoms with E-state index in [9.17, 15) is 0 Å². The number of piperazine rings is 1. The van der Waals surface area contributed by atoms with Gasteiger partial charge in [0.25, 0.3) is 0 Å². The van der Waals surface area contributed by atoms with E-state index in [2.05, 4.69) is 35.9 Å².